The average molecular weight is 380 g/mol. The number of fused-ring (bicyclic) bond motifs is 4. The third-order valence-corrected chi connectivity index (χ3v) is 6.97. The van der Waals surface area contributed by atoms with Gasteiger partial charge in [0.25, 0.3) is 0 Å². The number of aryl methyl sites for hydroxylation is 1. The Morgan fingerprint density at radius 2 is 1.86 bits per heavy atom. The maximum Gasteiger partial charge on any atom is 0.224 e. The number of benzene rings is 1. The highest BCUT2D eigenvalue weighted by molar-refractivity contribution is 5.76. The molecule has 148 valence electrons. The van der Waals surface area contributed by atoms with Gasteiger partial charge in [0.15, 0.2) is 0 Å². The summed E-state index contributed by atoms with van der Waals surface area (Å²) in [6.07, 6.45) is 9.04. The molecule has 1 aromatic heterocycles. The molecule has 2 aromatic rings. The predicted octanol–water partition coefficient (Wildman–Crippen LogP) is 2.74. The maximum absolute atomic E-state index is 12.8. The van der Waals surface area contributed by atoms with E-state index in [1.807, 2.05) is 4.57 Å². The van der Waals surface area contributed by atoms with Gasteiger partial charge in [-0.3, -0.25) is 9.69 Å². The van der Waals surface area contributed by atoms with E-state index >= 15 is 0 Å². The summed E-state index contributed by atoms with van der Waals surface area (Å²) in [5, 5.41) is 7.64. The summed E-state index contributed by atoms with van der Waals surface area (Å²) in [6.45, 7) is 3.65. The number of rotatable bonds is 4. The molecule has 1 amide bonds. The molecule has 5 rings (SSSR count). The summed E-state index contributed by atoms with van der Waals surface area (Å²) in [5.41, 5.74) is 1.47. The topological polar surface area (TPSA) is 54.3 Å². The van der Waals surface area contributed by atoms with Crippen LogP contribution in [0.1, 0.15) is 43.7 Å². The Balaban J connectivity index is 1.26. The van der Waals surface area contributed by atoms with Crippen LogP contribution in [0.5, 0.6) is 0 Å². The van der Waals surface area contributed by atoms with Gasteiger partial charge in [-0.2, -0.15) is 0 Å². The zero-order chi connectivity index (χ0) is 18.9. The lowest BCUT2D eigenvalue weighted by Gasteiger charge is -2.55. The molecule has 3 aliphatic heterocycles. The SMILES string of the molecule is O=C(CCn1cnnc1)N1C[C@@H]2C[C@H](C1)[C@@H]1CCC[C@H](c3ccccc3)N1C2. The fraction of sp³-hybridized carbons (Fsp3) is 0.591. The lowest BCUT2D eigenvalue weighted by atomic mass is 9.74. The van der Waals surface area contributed by atoms with Gasteiger partial charge in [-0.25, -0.2) is 0 Å². The van der Waals surface area contributed by atoms with Crippen molar-refractivity contribution in [3.05, 3.63) is 48.5 Å². The largest absolute Gasteiger partial charge is 0.342 e. The molecule has 0 unspecified atom stereocenters. The molecule has 3 fully saturated rings. The Morgan fingerprint density at radius 1 is 1.04 bits per heavy atom. The van der Waals surface area contributed by atoms with E-state index in [0.29, 0.717) is 36.9 Å². The van der Waals surface area contributed by atoms with E-state index in [1.54, 1.807) is 12.7 Å². The third-order valence-electron chi connectivity index (χ3n) is 6.97. The van der Waals surface area contributed by atoms with Gasteiger partial charge >= 0.3 is 0 Å². The fourth-order valence-electron chi connectivity index (χ4n) is 5.77. The molecule has 0 spiro atoms. The van der Waals surface area contributed by atoms with Crippen LogP contribution in [0.3, 0.4) is 0 Å². The van der Waals surface area contributed by atoms with Crippen molar-refractivity contribution < 1.29 is 4.79 Å². The molecular formula is C22H29N5O. The first-order chi connectivity index (χ1) is 13.8. The van der Waals surface area contributed by atoms with Gasteiger partial charge in [-0.15, -0.1) is 10.2 Å². The molecule has 1 aromatic carbocycles. The molecule has 2 bridgehead atoms. The van der Waals surface area contributed by atoms with Crippen LogP contribution in [0, 0.1) is 11.8 Å². The van der Waals surface area contributed by atoms with Crippen LogP contribution in [0.2, 0.25) is 0 Å². The van der Waals surface area contributed by atoms with E-state index in [9.17, 15) is 4.79 Å². The molecule has 28 heavy (non-hydrogen) atoms. The van der Waals surface area contributed by atoms with Gasteiger partial charge < -0.3 is 9.47 Å². The minimum atomic E-state index is 0.285. The lowest BCUT2D eigenvalue weighted by molar-refractivity contribution is -0.139. The van der Waals surface area contributed by atoms with Crippen LogP contribution >= 0.6 is 0 Å². The molecule has 6 heteroatoms. The molecule has 0 radical (unpaired) electrons. The Morgan fingerprint density at radius 3 is 2.68 bits per heavy atom. The number of likely N-dealkylation sites (tertiary alicyclic amines) is 1. The summed E-state index contributed by atoms with van der Waals surface area (Å²) in [4.78, 5) is 17.8. The van der Waals surface area contributed by atoms with Gasteiger partial charge in [-0.05, 0) is 43.1 Å². The first-order valence-electron chi connectivity index (χ1n) is 10.7. The highest BCUT2D eigenvalue weighted by atomic mass is 16.2. The van der Waals surface area contributed by atoms with E-state index < -0.39 is 0 Å². The van der Waals surface area contributed by atoms with Crippen molar-refractivity contribution in [2.75, 3.05) is 19.6 Å². The predicted molar refractivity (Wildman–Crippen MR) is 106 cm³/mol. The maximum atomic E-state index is 12.8. The number of piperidine rings is 3. The van der Waals surface area contributed by atoms with E-state index in [0.717, 1.165) is 19.6 Å². The Kier molecular flexibility index (Phi) is 4.89. The van der Waals surface area contributed by atoms with Crippen LogP contribution in [-0.4, -0.2) is 56.1 Å². The monoisotopic (exact) mass is 379 g/mol. The second-order valence-electron chi connectivity index (χ2n) is 8.73. The van der Waals surface area contributed by atoms with Gasteiger partial charge in [0.1, 0.15) is 12.7 Å². The van der Waals surface area contributed by atoms with Gasteiger partial charge in [0.2, 0.25) is 5.91 Å². The quantitative estimate of drug-likeness (QED) is 0.820. The van der Waals surface area contributed by atoms with Crippen molar-refractivity contribution >= 4 is 5.91 Å². The Bertz CT molecular complexity index is 793. The molecular weight excluding hydrogens is 350 g/mol. The molecule has 0 aliphatic carbocycles. The number of amides is 1. The summed E-state index contributed by atoms with van der Waals surface area (Å²) < 4.78 is 1.88. The van der Waals surface area contributed by atoms with Crippen LogP contribution in [0.25, 0.3) is 0 Å². The van der Waals surface area contributed by atoms with Crippen molar-refractivity contribution in [3.63, 3.8) is 0 Å². The van der Waals surface area contributed by atoms with Crippen molar-refractivity contribution in [2.45, 2.75) is 50.7 Å². The second kappa shape index (κ2) is 7.66. The highest BCUT2D eigenvalue weighted by Crippen LogP contribution is 2.44. The van der Waals surface area contributed by atoms with Crippen molar-refractivity contribution in [1.82, 2.24) is 24.6 Å². The first kappa shape index (κ1) is 17.9. The summed E-state index contributed by atoms with van der Waals surface area (Å²) in [5.74, 6) is 1.52. The molecule has 0 saturated carbocycles. The summed E-state index contributed by atoms with van der Waals surface area (Å²) in [7, 11) is 0. The Labute approximate surface area is 166 Å². The molecule has 3 saturated heterocycles. The second-order valence-corrected chi connectivity index (χ2v) is 8.73. The van der Waals surface area contributed by atoms with E-state index in [-0.39, 0.29) is 5.91 Å². The zero-order valence-electron chi connectivity index (χ0n) is 16.4. The van der Waals surface area contributed by atoms with E-state index in [2.05, 4.69) is 50.3 Å². The molecule has 4 heterocycles. The van der Waals surface area contributed by atoms with Crippen LogP contribution in [-0.2, 0) is 11.3 Å². The summed E-state index contributed by atoms with van der Waals surface area (Å²) in [6, 6.07) is 12.2. The number of aromatic nitrogens is 3. The molecule has 3 aliphatic rings. The number of hydrogen-bond donors (Lipinski definition) is 0. The molecule has 6 nitrogen and oxygen atoms in total. The zero-order valence-corrected chi connectivity index (χ0v) is 16.4. The van der Waals surface area contributed by atoms with Gasteiger partial charge in [0.05, 0.1) is 0 Å². The lowest BCUT2D eigenvalue weighted by Crippen LogP contribution is -2.60. The minimum Gasteiger partial charge on any atom is -0.342 e. The smallest absolute Gasteiger partial charge is 0.224 e. The molecule has 0 N–H and O–H groups in total. The molecule has 4 atom stereocenters. The average Bonchev–Trinajstić information content (AvgIpc) is 3.26. The highest BCUT2D eigenvalue weighted by Gasteiger charge is 2.45. The number of hydrogen-bond acceptors (Lipinski definition) is 4. The van der Waals surface area contributed by atoms with Crippen LogP contribution < -0.4 is 0 Å². The Hall–Kier alpha value is -2.21. The summed E-state index contributed by atoms with van der Waals surface area (Å²) >= 11 is 0. The van der Waals surface area contributed by atoms with Crippen LogP contribution in [0.4, 0.5) is 0 Å². The van der Waals surface area contributed by atoms with Gasteiger partial charge in [-0.1, -0.05) is 30.3 Å². The normalized spacial score (nSPS) is 30.1. The fourth-order valence-corrected chi connectivity index (χ4v) is 5.77. The van der Waals surface area contributed by atoms with Crippen molar-refractivity contribution in [3.8, 4) is 0 Å². The number of carbonyl (C=O) groups excluding carboxylic acids is 1. The number of nitrogens with zero attached hydrogens (tertiary/aromatic N) is 5. The minimum absolute atomic E-state index is 0.285. The number of carbonyl (C=O) groups is 1. The van der Waals surface area contributed by atoms with Crippen molar-refractivity contribution in [2.24, 2.45) is 11.8 Å². The third kappa shape index (κ3) is 3.46. The van der Waals surface area contributed by atoms with E-state index in [4.69, 9.17) is 0 Å². The van der Waals surface area contributed by atoms with E-state index in [1.165, 1.54) is 31.2 Å². The van der Waals surface area contributed by atoms with Crippen molar-refractivity contribution in [1.29, 1.82) is 0 Å². The first-order valence-corrected chi connectivity index (χ1v) is 10.7. The standard InChI is InChI=1S/C22H29N5O/c28-22(9-10-25-15-23-24-16-25)26-12-17-11-19(14-26)21-8-4-7-20(27(21)13-17)18-5-2-1-3-6-18/h1-3,5-6,15-17,19-21H,4,7-14H2/t17-,19+,20+,21-/m0/s1. The van der Waals surface area contributed by atoms with Crippen LogP contribution in [0.15, 0.2) is 43.0 Å². The van der Waals surface area contributed by atoms with Gasteiger partial charge in [0, 0.05) is 44.7 Å².